The maximum atomic E-state index is 12.1. The molecule has 0 aromatic heterocycles. The Bertz CT molecular complexity index is 562. The topological polar surface area (TPSA) is 58.6 Å². The number of aryl methyl sites for hydroxylation is 1. The largest absolute Gasteiger partial charge is 0.385 e. The Morgan fingerprint density at radius 1 is 1.50 bits per heavy atom. The molecule has 0 saturated carbocycles. The third-order valence-corrected chi connectivity index (χ3v) is 4.19. The highest BCUT2D eigenvalue weighted by Gasteiger charge is 2.35. The lowest BCUT2D eigenvalue weighted by Crippen LogP contribution is -2.33. The zero-order chi connectivity index (χ0) is 16.1. The van der Waals surface area contributed by atoms with Gasteiger partial charge in [0.1, 0.15) is 0 Å². The quantitative estimate of drug-likeness (QED) is 0.816. The molecule has 1 aromatic carbocycles. The molecule has 1 atom stereocenters. The van der Waals surface area contributed by atoms with Crippen molar-refractivity contribution in [1.29, 1.82) is 0 Å². The number of ether oxygens (including phenoxy) is 1. The average Bonchev–Trinajstić information content (AvgIpc) is 2.88. The van der Waals surface area contributed by atoms with Crippen molar-refractivity contribution in [3.8, 4) is 0 Å². The summed E-state index contributed by atoms with van der Waals surface area (Å²) >= 11 is 6.11. The van der Waals surface area contributed by atoms with Crippen molar-refractivity contribution in [2.24, 2.45) is 5.92 Å². The van der Waals surface area contributed by atoms with Crippen LogP contribution in [0.5, 0.6) is 0 Å². The number of nitrogens with zero attached hydrogens (tertiary/aromatic N) is 1. The third kappa shape index (κ3) is 3.99. The van der Waals surface area contributed by atoms with E-state index in [-0.39, 0.29) is 24.2 Å². The summed E-state index contributed by atoms with van der Waals surface area (Å²) in [5, 5.41) is 3.47. The first kappa shape index (κ1) is 16.8. The lowest BCUT2D eigenvalue weighted by Gasteiger charge is -2.17. The standard InChI is InChI=1S/C16H21ClN2O3/c1-11-4-5-13(9-14(11)17)19-10-12(8-15(19)20)16(21)18-6-3-7-22-2/h4-5,9,12H,3,6-8,10H2,1-2H3,(H,18,21). The number of amides is 2. The van der Waals surface area contributed by atoms with Crippen molar-refractivity contribution in [3.63, 3.8) is 0 Å². The van der Waals surface area contributed by atoms with Gasteiger partial charge in [-0.15, -0.1) is 0 Å². The summed E-state index contributed by atoms with van der Waals surface area (Å²) in [5.74, 6) is -0.433. The molecule has 1 saturated heterocycles. The first-order valence-electron chi connectivity index (χ1n) is 7.36. The van der Waals surface area contributed by atoms with Gasteiger partial charge in [-0.3, -0.25) is 9.59 Å². The lowest BCUT2D eigenvalue weighted by atomic mass is 10.1. The van der Waals surface area contributed by atoms with E-state index in [0.29, 0.717) is 24.7 Å². The predicted octanol–water partition coefficient (Wildman–Crippen LogP) is 2.15. The molecular weight excluding hydrogens is 304 g/mol. The Morgan fingerprint density at radius 3 is 2.95 bits per heavy atom. The second-order valence-corrected chi connectivity index (χ2v) is 5.88. The van der Waals surface area contributed by atoms with Crippen molar-refractivity contribution >= 4 is 29.1 Å². The van der Waals surface area contributed by atoms with Gasteiger partial charge in [0.15, 0.2) is 0 Å². The molecule has 0 aliphatic carbocycles. The Labute approximate surface area is 135 Å². The maximum absolute atomic E-state index is 12.1. The first-order chi connectivity index (χ1) is 10.5. The number of anilines is 1. The van der Waals surface area contributed by atoms with Crippen LogP contribution in [-0.2, 0) is 14.3 Å². The van der Waals surface area contributed by atoms with Crippen LogP contribution in [0.15, 0.2) is 18.2 Å². The van der Waals surface area contributed by atoms with Crippen LogP contribution in [0.3, 0.4) is 0 Å². The molecule has 1 unspecified atom stereocenters. The second kappa shape index (κ2) is 7.61. The van der Waals surface area contributed by atoms with Crippen LogP contribution in [-0.4, -0.2) is 38.6 Å². The minimum absolute atomic E-state index is 0.0445. The van der Waals surface area contributed by atoms with Gasteiger partial charge in [0, 0.05) is 43.9 Å². The van der Waals surface area contributed by atoms with E-state index in [4.69, 9.17) is 16.3 Å². The number of carbonyl (C=O) groups is 2. The van der Waals surface area contributed by atoms with E-state index in [9.17, 15) is 9.59 Å². The molecule has 1 aliphatic rings. The van der Waals surface area contributed by atoms with Crippen LogP contribution in [0.2, 0.25) is 5.02 Å². The van der Waals surface area contributed by atoms with Crippen molar-refractivity contribution in [1.82, 2.24) is 5.32 Å². The molecule has 2 amide bonds. The van der Waals surface area contributed by atoms with Crippen molar-refractivity contribution in [2.75, 3.05) is 31.7 Å². The van der Waals surface area contributed by atoms with Gasteiger partial charge in [0.05, 0.1) is 5.92 Å². The highest BCUT2D eigenvalue weighted by Crippen LogP contribution is 2.28. The highest BCUT2D eigenvalue weighted by molar-refractivity contribution is 6.31. The molecule has 1 fully saturated rings. The maximum Gasteiger partial charge on any atom is 0.227 e. The molecule has 5 nitrogen and oxygen atoms in total. The van der Waals surface area contributed by atoms with E-state index in [1.54, 1.807) is 18.1 Å². The third-order valence-electron chi connectivity index (χ3n) is 3.79. The van der Waals surface area contributed by atoms with Gasteiger partial charge < -0.3 is 15.0 Å². The molecule has 0 bridgehead atoms. The number of rotatable bonds is 6. The van der Waals surface area contributed by atoms with E-state index < -0.39 is 0 Å². The van der Waals surface area contributed by atoms with Crippen molar-refractivity contribution in [2.45, 2.75) is 19.8 Å². The fraction of sp³-hybridized carbons (Fsp3) is 0.500. The van der Waals surface area contributed by atoms with Gasteiger partial charge in [-0.1, -0.05) is 17.7 Å². The fourth-order valence-corrected chi connectivity index (χ4v) is 2.63. The first-order valence-corrected chi connectivity index (χ1v) is 7.74. The number of carbonyl (C=O) groups excluding carboxylic acids is 2. The molecule has 0 radical (unpaired) electrons. The van der Waals surface area contributed by atoms with Gasteiger partial charge >= 0.3 is 0 Å². The van der Waals surface area contributed by atoms with Crippen molar-refractivity contribution < 1.29 is 14.3 Å². The van der Waals surface area contributed by atoms with E-state index in [2.05, 4.69) is 5.32 Å². The summed E-state index contributed by atoms with van der Waals surface area (Å²) in [6.45, 7) is 3.48. The summed E-state index contributed by atoms with van der Waals surface area (Å²) in [6, 6.07) is 5.51. The van der Waals surface area contributed by atoms with Crippen LogP contribution in [0.4, 0.5) is 5.69 Å². The van der Waals surface area contributed by atoms with Gasteiger partial charge in [-0.2, -0.15) is 0 Å². The monoisotopic (exact) mass is 324 g/mol. The number of nitrogens with one attached hydrogen (secondary N) is 1. The molecule has 1 aliphatic heterocycles. The number of hydrogen-bond acceptors (Lipinski definition) is 3. The Kier molecular flexibility index (Phi) is 5.80. The van der Waals surface area contributed by atoms with E-state index in [1.807, 2.05) is 19.1 Å². The molecule has 2 rings (SSSR count). The summed E-state index contributed by atoms with van der Waals surface area (Å²) < 4.78 is 4.94. The SMILES string of the molecule is COCCCNC(=O)C1CC(=O)N(c2ccc(C)c(Cl)c2)C1. The summed E-state index contributed by atoms with van der Waals surface area (Å²) in [4.78, 5) is 25.9. The summed E-state index contributed by atoms with van der Waals surface area (Å²) in [7, 11) is 1.63. The Balaban J connectivity index is 1.95. The van der Waals surface area contributed by atoms with Gasteiger partial charge in [-0.25, -0.2) is 0 Å². The lowest BCUT2D eigenvalue weighted by molar-refractivity contribution is -0.126. The number of methoxy groups -OCH3 is 1. The minimum Gasteiger partial charge on any atom is -0.385 e. The van der Waals surface area contributed by atoms with Crippen LogP contribution >= 0.6 is 11.6 Å². The molecular formula is C16H21ClN2O3. The Morgan fingerprint density at radius 2 is 2.27 bits per heavy atom. The summed E-state index contributed by atoms with van der Waals surface area (Å²) in [5.41, 5.74) is 1.71. The van der Waals surface area contributed by atoms with E-state index in [1.165, 1.54) is 0 Å². The molecule has 1 heterocycles. The predicted molar refractivity (Wildman–Crippen MR) is 86.2 cm³/mol. The van der Waals surface area contributed by atoms with E-state index in [0.717, 1.165) is 17.7 Å². The van der Waals surface area contributed by atoms with Gasteiger partial charge in [0.25, 0.3) is 0 Å². The number of halogens is 1. The highest BCUT2D eigenvalue weighted by atomic mass is 35.5. The smallest absolute Gasteiger partial charge is 0.227 e. The molecule has 120 valence electrons. The van der Waals surface area contributed by atoms with E-state index >= 15 is 0 Å². The van der Waals surface area contributed by atoms with Gasteiger partial charge in [0.2, 0.25) is 11.8 Å². The zero-order valence-electron chi connectivity index (χ0n) is 12.9. The molecule has 1 N–H and O–H groups in total. The molecule has 22 heavy (non-hydrogen) atoms. The zero-order valence-corrected chi connectivity index (χ0v) is 13.7. The van der Waals surface area contributed by atoms with Crippen LogP contribution < -0.4 is 10.2 Å². The molecule has 1 aromatic rings. The van der Waals surface area contributed by atoms with Gasteiger partial charge in [-0.05, 0) is 31.0 Å². The minimum atomic E-state index is -0.310. The average molecular weight is 325 g/mol. The van der Waals surface area contributed by atoms with Crippen molar-refractivity contribution in [3.05, 3.63) is 28.8 Å². The molecule has 0 spiro atoms. The number of benzene rings is 1. The second-order valence-electron chi connectivity index (χ2n) is 5.48. The summed E-state index contributed by atoms with van der Waals surface area (Å²) in [6.07, 6.45) is 1.00. The number of hydrogen-bond donors (Lipinski definition) is 1. The van der Waals surface area contributed by atoms with Crippen LogP contribution in [0.1, 0.15) is 18.4 Å². The van der Waals surface area contributed by atoms with Crippen LogP contribution in [0.25, 0.3) is 0 Å². The fourth-order valence-electron chi connectivity index (χ4n) is 2.45. The molecule has 6 heteroatoms. The normalized spacial score (nSPS) is 17.9. The Hall–Kier alpha value is -1.59. The van der Waals surface area contributed by atoms with Crippen LogP contribution in [0, 0.1) is 12.8 Å².